The minimum absolute atomic E-state index is 0.00741. The van der Waals surface area contributed by atoms with Crippen molar-refractivity contribution in [2.45, 2.75) is 103 Å². The Morgan fingerprint density at radius 2 is 1.84 bits per heavy atom. The molecule has 10 atom stereocenters. The molecule has 6 heteroatoms. The minimum atomic E-state index is -0.459. The van der Waals surface area contributed by atoms with Crippen LogP contribution in [0.25, 0.3) is 0 Å². The molecule has 6 fully saturated rings. The molecule has 2 heterocycles. The third-order valence-electron chi connectivity index (χ3n) is 13.1. The van der Waals surface area contributed by atoms with Crippen molar-refractivity contribution >= 4 is 5.97 Å². The molecule has 0 N–H and O–H groups in total. The molecule has 6 aliphatic rings. The van der Waals surface area contributed by atoms with E-state index in [0.29, 0.717) is 29.7 Å². The van der Waals surface area contributed by atoms with Gasteiger partial charge in [-0.2, -0.15) is 0 Å². The molecule has 0 spiro atoms. The number of hydrogen-bond acceptors (Lipinski definition) is 5. The van der Waals surface area contributed by atoms with Crippen molar-refractivity contribution in [3.05, 3.63) is 12.7 Å². The van der Waals surface area contributed by atoms with Gasteiger partial charge in [-0.1, -0.05) is 26.8 Å². The lowest BCUT2D eigenvalue weighted by Crippen LogP contribution is -2.63. The summed E-state index contributed by atoms with van der Waals surface area (Å²) in [5, 5.41) is 13.5. The fourth-order valence-electron chi connectivity index (χ4n) is 11.3. The van der Waals surface area contributed by atoms with Crippen LogP contribution in [0.15, 0.2) is 12.7 Å². The van der Waals surface area contributed by atoms with Crippen LogP contribution in [0.4, 0.5) is 0 Å². The molecule has 0 radical (unpaired) electrons. The summed E-state index contributed by atoms with van der Waals surface area (Å²) in [4.78, 5) is 15.0. The first-order chi connectivity index (χ1) is 18.2. The molecule has 214 valence electrons. The summed E-state index contributed by atoms with van der Waals surface area (Å²) in [6, 6.07) is 0.542. The maximum atomic E-state index is 13.5. The predicted octanol–water partition coefficient (Wildman–Crippen LogP) is 3.78. The highest BCUT2D eigenvalue weighted by Crippen LogP contribution is 2.67. The van der Waals surface area contributed by atoms with Crippen LogP contribution in [-0.4, -0.2) is 85.6 Å². The SMILES string of the molecule is C=CC[N+]1([C@H]2C[C@H]3[C@@H]4CC[C@H]5C[C@H]([O-])[C@@H](N6CCOCC6)C[C@]5(C)[C@H]4CC[C@]3(C)[C@H]2OC(C)=O)CCCC1. The molecule has 0 aromatic rings. The summed E-state index contributed by atoms with van der Waals surface area (Å²) in [6.45, 7) is 17.5. The van der Waals surface area contributed by atoms with Gasteiger partial charge in [-0.15, -0.1) is 6.10 Å². The molecule has 38 heavy (non-hydrogen) atoms. The number of hydrogen-bond donors (Lipinski definition) is 0. The third-order valence-corrected chi connectivity index (χ3v) is 13.1. The van der Waals surface area contributed by atoms with Crippen molar-refractivity contribution in [2.75, 3.05) is 45.9 Å². The van der Waals surface area contributed by atoms with E-state index in [1.54, 1.807) is 6.92 Å². The highest BCUT2D eigenvalue weighted by Gasteiger charge is 2.67. The van der Waals surface area contributed by atoms with Crippen LogP contribution in [-0.2, 0) is 14.3 Å². The summed E-state index contributed by atoms with van der Waals surface area (Å²) in [7, 11) is 0. The van der Waals surface area contributed by atoms with Gasteiger partial charge in [0.2, 0.25) is 0 Å². The fraction of sp³-hybridized carbons (Fsp3) is 0.906. The van der Waals surface area contributed by atoms with Crippen LogP contribution >= 0.6 is 0 Å². The summed E-state index contributed by atoms with van der Waals surface area (Å²) >= 11 is 0. The second-order valence-electron chi connectivity index (χ2n) is 14.6. The quantitative estimate of drug-likeness (QED) is 0.309. The van der Waals surface area contributed by atoms with Gasteiger partial charge in [-0.25, -0.2) is 0 Å². The maximum Gasteiger partial charge on any atom is 0.303 e. The van der Waals surface area contributed by atoms with Gasteiger partial charge < -0.3 is 19.1 Å². The van der Waals surface area contributed by atoms with Crippen LogP contribution < -0.4 is 5.11 Å². The number of fused-ring (bicyclic) bond motifs is 5. The smallest absolute Gasteiger partial charge is 0.303 e. The van der Waals surface area contributed by atoms with E-state index < -0.39 is 6.10 Å². The van der Waals surface area contributed by atoms with E-state index in [9.17, 15) is 9.90 Å². The van der Waals surface area contributed by atoms with Gasteiger partial charge in [-0.3, -0.25) is 9.69 Å². The van der Waals surface area contributed by atoms with Crippen molar-refractivity contribution in [2.24, 2.45) is 34.5 Å². The molecule has 2 aliphatic heterocycles. The molecule has 6 rings (SSSR count). The van der Waals surface area contributed by atoms with Gasteiger partial charge >= 0.3 is 5.97 Å². The van der Waals surface area contributed by atoms with Gasteiger partial charge in [0.05, 0.1) is 32.8 Å². The highest BCUT2D eigenvalue weighted by molar-refractivity contribution is 5.66. The Balaban J connectivity index is 1.30. The molecular formula is C32H52N2O4. The third kappa shape index (κ3) is 4.23. The van der Waals surface area contributed by atoms with Crippen LogP contribution in [0.3, 0.4) is 0 Å². The number of nitrogens with zero attached hydrogens (tertiary/aromatic N) is 2. The van der Waals surface area contributed by atoms with Crippen LogP contribution in [0.5, 0.6) is 0 Å². The topological polar surface area (TPSA) is 61.8 Å². The largest absolute Gasteiger partial charge is 0.851 e. The summed E-state index contributed by atoms with van der Waals surface area (Å²) in [5.74, 6) is 2.40. The minimum Gasteiger partial charge on any atom is -0.851 e. The van der Waals surface area contributed by atoms with E-state index >= 15 is 0 Å². The highest BCUT2D eigenvalue weighted by atomic mass is 16.5. The standard InChI is InChI=1S/C32H52N2O4/c1-5-14-34(15-6-7-16-34)28-20-26-24-9-8-23-19-29(36)27(33-12-17-37-18-13-33)21-32(23,4)25(24)10-11-31(26,3)30(28)38-22(2)35/h5,23-30H,1,6-21H2,2-4H3/t23-,24+,25-,26-,27-,28-,29-,30-,31-,32-/m0/s1. The lowest BCUT2D eigenvalue weighted by molar-refractivity contribution is -0.937. The Morgan fingerprint density at radius 3 is 2.53 bits per heavy atom. The molecule has 0 aromatic carbocycles. The van der Waals surface area contributed by atoms with Crippen molar-refractivity contribution in [3.8, 4) is 0 Å². The molecule has 4 aliphatic carbocycles. The molecule has 0 aromatic heterocycles. The lowest BCUT2D eigenvalue weighted by Gasteiger charge is -2.64. The number of carbonyl (C=O) groups is 1. The fourth-order valence-corrected chi connectivity index (χ4v) is 11.3. The predicted molar refractivity (Wildman–Crippen MR) is 146 cm³/mol. The number of rotatable bonds is 5. The Bertz CT molecular complexity index is 898. The maximum absolute atomic E-state index is 13.5. The van der Waals surface area contributed by atoms with E-state index in [-0.39, 0.29) is 28.9 Å². The summed E-state index contributed by atoms with van der Waals surface area (Å²) in [6.07, 6.45) is 12.1. The first-order valence-electron chi connectivity index (χ1n) is 15.8. The Hall–Kier alpha value is -0.950. The lowest BCUT2D eigenvalue weighted by atomic mass is 9.44. The number of likely N-dealkylation sites (tertiary alicyclic amines) is 1. The van der Waals surface area contributed by atoms with Crippen LogP contribution in [0.1, 0.15) is 78.6 Å². The molecule has 0 bridgehead atoms. The molecule has 6 nitrogen and oxygen atoms in total. The number of esters is 1. The van der Waals surface area contributed by atoms with Gasteiger partial charge in [-0.05, 0) is 73.3 Å². The average molecular weight is 529 g/mol. The first kappa shape index (κ1) is 27.2. The molecule has 0 unspecified atom stereocenters. The Labute approximate surface area is 230 Å². The number of quaternary nitrogens is 1. The van der Waals surface area contributed by atoms with E-state index in [0.717, 1.165) is 56.6 Å². The molecule has 0 amide bonds. The van der Waals surface area contributed by atoms with Crippen LogP contribution in [0.2, 0.25) is 0 Å². The zero-order valence-electron chi connectivity index (χ0n) is 24.2. The zero-order valence-corrected chi connectivity index (χ0v) is 24.2. The van der Waals surface area contributed by atoms with Gasteiger partial charge in [0.15, 0.2) is 6.10 Å². The summed E-state index contributed by atoms with van der Waals surface area (Å²) < 4.78 is 13.1. The Morgan fingerprint density at radius 1 is 1.11 bits per heavy atom. The molecule has 2 saturated heterocycles. The van der Waals surface area contributed by atoms with Crippen molar-refractivity contribution < 1.29 is 23.9 Å². The Kier molecular flexibility index (Phi) is 7.27. The van der Waals surface area contributed by atoms with Crippen molar-refractivity contribution in [1.82, 2.24) is 4.90 Å². The number of carbonyl (C=O) groups excluding carboxylic acids is 1. The average Bonchev–Trinajstić information content (AvgIpc) is 3.48. The zero-order chi connectivity index (χ0) is 26.7. The molecule has 4 saturated carbocycles. The van der Waals surface area contributed by atoms with Gasteiger partial charge in [0, 0.05) is 44.7 Å². The van der Waals surface area contributed by atoms with Crippen molar-refractivity contribution in [3.63, 3.8) is 0 Å². The molecular weight excluding hydrogens is 476 g/mol. The number of ether oxygens (including phenoxy) is 2. The van der Waals surface area contributed by atoms with Crippen LogP contribution in [0, 0.1) is 34.5 Å². The van der Waals surface area contributed by atoms with Gasteiger partial charge in [0.1, 0.15) is 6.04 Å². The number of morpholine rings is 1. The van der Waals surface area contributed by atoms with E-state index in [1.807, 2.05) is 0 Å². The monoisotopic (exact) mass is 528 g/mol. The second-order valence-corrected chi connectivity index (χ2v) is 14.6. The normalized spacial score (nSPS) is 48.5. The first-order valence-corrected chi connectivity index (χ1v) is 15.8. The van der Waals surface area contributed by atoms with E-state index in [4.69, 9.17) is 9.47 Å². The van der Waals surface area contributed by atoms with Gasteiger partial charge in [0.25, 0.3) is 0 Å². The van der Waals surface area contributed by atoms with Crippen molar-refractivity contribution in [1.29, 1.82) is 0 Å². The second kappa shape index (κ2) is 10.2. The summed E-state index contributed by atoms with van der Waals surface area (Å²) in [5.41, 5.74) is 0.291. The van der Waals surface area contributed by atoms with E-state index in [1.165, 1.54) is 51.6 Å². The van der Waals surface area contributed by atoms with E-state index in [2.05, 4.69) is 31.4 Å².